The summed E-state index contributed by atoms with van der Waals surface area (Å²) in [7, 11) is -3.93. The highest BCUT2D eigenvalue weighted by molar-refractivity contribution is 7.89. The molecule has 2 aromatic carbocycles. The molecule has 0 saturated carbocycles. The molecular weight excluding hydrogens is 404 g/mol. The summed E-state index contributed by atoms with van der Waals surface area (Å²) in [5.74, 6) is -0.773. The fraction of sp³-hybridized carbons (Fsp3) is 0.400. The van der Waals surface area contributed by atoms with Gasteiger partial charge in [-0.3, -0.25) is 10.2 Å². The van der Waals surface area contributed by atoms with Gasteiger partial charge in [-0.1, -0.05) is 30.3 Å². The Hall–Kier alpha value is -2.69. The molecule has 10 heteroatoms. The average molecular weight is 433 g/mol. The van der Waals surface area contributed by atoms with E-state index in [-0.39, 0.29) is 16.8 Å². The maximum Gasteiger partial charge on any atom is 0.240 e. The van der Waals surface area contributed by atoms with Crippen molar-refractivity contribution in [2.75, 3.05) is 13.1 Å². The number of carbonyl (C=O) groups is 1. The predicted octanol–water partition coefficient (Wildman–Crippen LogP) is 0.295. The van der Waals surface area contributed by atoms with Gasteiger partial charge in [-0.05, 0) is 48.1 Å². The molecule has 30 heavy (non-hydrogen) atoms. The molecule has 0 bridgehead atoms. The molecule has 3 atom stereocenters. The van der Waals surface area contributed by atoms with Crippen LogP contribution in [0, 0.1) is 11.3 Å². The summed E-state index contributed by atoms with van der Waals surface area (Å²) >= 11 is 0. The highest BCUT2D eigenvalue weighted by atomic mass is 32.2. The molecular formula is C20H28N6O3S. The molecule has 0 aliphatic carbocycles. The standard InChI is InChI=1S/C20H28N6O3S/c21-18(19(22)27)17(10-13-4-3-9-26(12-13)20(23)24)25-30(28,29)16-8-7-14-5-1-2-6-15(14)11-16/h1-2,5-8,11,13,17-18,25H,3-4,9-10,12,21H2,(H2,22,27)(H3,23,24)/t13-,17?,18?/m0/s1. The fourth-order valence-electron chi connectivity index (χ4n) is 3.90. The molecule has 0 spiro atoms. The lowest BCUT2D eigenvalue weighted by Crippen LogP contribution is -2.55. The molecule has 1 saturated heterocycles. The van der Waals surface area contributed by atoms with Gasteiger partial charge in [0.25, 0.3) is 0 Å². The SMILES string of the molecule is N=C(N)N1CCC[C@@H](CC(NS(=O)(=O)c2ccc3ccccc3c2)C(N)C(N)=O)C1. The van der Waals surface area contributed by atoms with Crippen LogP contribution in [0.3, 0.4) is 0 Å². The molecule has 162 valence electrons. The van der Waals surface area contributed by atoms with Gasteiger partial charge < -0.3 is 22.1 Å². The number of rotatable bonds is 7. The minimum absolute atomic E-state index is 0.0211. The summed E-state index contributed by atoms with van der Waals surface area (Å²) in [5.41, 5.74) is 16.9. The third-order valence-corrected chi connectivity index (χ3v) is 7.03. The molecule has 8 N–H and O–H groups in total. The van der Waals surface area contributed by atoms with Gasteiger partial charge in [0.1, 0.15) is 6.04 Å². The molecule has 0 aromatic heterocycles. The van der Waals surface area contributed by atoms with E-state index in [1.165, 1.54) is 6.07 Å². The monoisotopic (exact) mass is 432 g/mol. The van der Waals surface area contributed by atoms with Crippen molar-refractivity contribution in [3.8, 4) is 0 Å². The van der Waals surface area contributed by atoms with Crippen molar-refractivity contribution in [3.05, 3.63) is 42.5 Å². The Morgan fingerprint density at radius 1 is 1.20 bits per heavy atom. The number of nitrogens with one attached hydrogen (secondary N) is 2. The highest BCUT2D eigenvalue weighted by Crippen LogP contribution is 2.24. The van der Waals surface area contributed by atoms with Crippen molar-refractivity contribution >= 4 is 32.7 Å². The average Bonchev–Trinajstić information content (AvgIpc) is 2.72. The van der Waals surface area contributed by atoms with E-state index < -0.39 is 28.0 Å². The second kappa shape index (κ2) is 8.99. The minimum Gasteiger partial charge on any atom is -0.370 e. The number of sulfonamides is 1. The number of amides is 1. The first-order chi connectivity index (χ1) is 14.2. The van der Waals surface area contributed by atoms with Crippen LogP contribution >= 0.6 is 0 Å². The molecule has 0 radical (unpaired) electrons. The lowest BCUT2D eigenvalue weighted by atomic mass is 9.89. The van der Waals surface area contributed by atoms with Crippen LogP contribution in [0.1, 0.15) is 19.3 Å². The van der Waals surface area contributed by atoms with Crippen molar-refractivity contribution < 1.29 is 13.2 Å². The zero-order valence-corrected chi connectivity index (χ0v) is 17.4. The fourth-order valence-corrected chi connectivity index (χ4v) is 5.21. The molecule has 1 aliphatic rings. The van der Waals surface area contributed by atoms with Crippen molar-refractivity contribution in [1.29, 1.82) is 5.41 Å². The first kappa shape index (κ1) is 22.0. The highest BCUT2D eigenvalue weighted by Gasteiger charge is 2.32. The number of hydrogen-bond donors (Lipinski definition) is 5. The van der Waals surface area contributed by atoms with Gasteiger partial charge in [-0.25, -0.2) is 13.1 Å². The Kier molecular flexibility index (Phi) is 6.59. The summed E-state index contributed by atoms with van der Waals surface area (Å²) in [6, 6.07) is 10.3. The van der Waals surface area contributed by atoms with E-state index in [1.807, 2.05) is 24.3 Å². The molecule has 2 aromatic rings. The topological polar surface area (TPSA) is 168 Å². The summed E-state index contributed by atoms with van der Waals surface area (Å²) in [6.07, 6.45) is 1.96. The van der Waals surface area contributed by atoms with Crippen LogP contribution in [0.15, 0.2) is 47.4 Å². The first-order valence-electron chi connectivity index (χ1n) is 9.82. The summed E-state index contributed by atoms with van der Waals surface area (Å²) in [6.45, 7) is 1.19. The number of fused-ring (bicyclic) bond motifs is 1. The van der Waals surface area contributed by atoms with Gasteiger partial charge in [0.15, 0.2) is 5.96 Å². The molecule has 3 rings (SSSR count). The second-order valence-electron chi connectivity index (χ2n) is 7.74. The predicted molar refractivity (Wildman–Crippen MR) is 116 cm³/mol. The number of benzene rings is 2. The zero-order chi connectivity index (χ0) is 21.9. The van der Waals surface area contributed by atoms with Crippen molar-refractivity contribution in [1.82, 2.24) is 9.62 Å². The third kappa shape index (κ3) is 5.07. The number of nitrogens with two attached hydrogens (primary N) is 3. The van der Waals surface area contributed by atoms with E-state index in [2.05, 4.69) is 4.72 Å². The maximum absolute atomic E-state index is 13.0. The Morgan fingerprint density at radius 2 is 1.90 bits per heavy atom. The van der Waals surface area contributed by atoms with Gasteiger partial charge in [0, 0.05) is 19.1 Å². The molecule has 1 fully saturated rings. The van der Waals surface area contributed by atoms with Crippen LogP contribution in [0.5, 0.6) is 0 Å². The van der Waals surface area contributed by atoms with E-state index >= 15 is 0 Å². The lowest BCUT2D eigenvalue weighted by Gasteiger charge is -2.35. The van der Waals surface area contributed by atoms with Crippen molar-refractivity contribution in [2.45, 2.75) is 36.2 Å². The normalized spacial score (nSPS) is 19.4. The first-order valence-corrected chi connectivity index (χ1v) is 11.3. The number of likely N-dealkylation sites (tertiary alicyclic amines) is 1. The Balaban J connectivity index is 1.82. The van der Waals surface area contributed by atoms with Gasteiger partial charge in [0.2, 0.25) is 15.9 Å². The number of carbonyl (C=O) groups excluding carboxylic acids is 1. The number of guanidine groups is 1. The van der Waals surface area contributed by atoms with Crippen LogP contribution in [-0.2, 0) is 14.8 Å². The van der Waals surface area contributed by atoms with Gasteiger partial charge >= 0.3 is 0 Å². The molecule has 1 aliphatic heterocycles. The van der Waals surface area contributed by atoms with Crippen LogP contribution in [-0.4, -0.2) is 50.4 Å². The minimum atomic E-state index is -3.93. The van der Waals surface area contributed by atoms with Gasteiger partial charge in [-0.2, -0.15) is 0 Å². The lowest BCUT2D eigenvalue weighted by molar-refractivity contribution is -0.119. The Labute approximate surface area is 176 Å². The summed E-state index contributed by atoms with van der Waals surface area (Å²) in [4.78, 5) is 13.6. The molecule has 9 nitrogen and oxygen atoms in total. The molecule has 1 heterocycles. The maximum atomic E-state index is 13.0. The number of nitrogens with zero attached hydrogens (tertiary/aromatic N) is 1. The van der Waals surface area contributed by atoms with Crippen molar-refractivity contribution in [2.24, 2.45) is 23.1 Å². The summed E-state index contributed by atoms with van der Waals surface area (Å²) < 4.78 is 28.7. The van der Waals surface area contributed by atoms with Crippen LogP contribution < -0.4 is 21.9 Å². The smallest absolute Gasteiger partial charge is 0.240 e. The summed E-state index contributed by atoms with van der Waals surface area (Å²) in [5, 5.41) is 9.35. The zero-order valence-electron chi connectivity index (χ0n) is 16.6. The molecule has 1 amide bonds. The van der Waals surface area contributed by atoms with E-state index in [0.717, 1.165) is 23.6 Å². The van der Waals surface area contributed by atoms with Crippen molar-refractivity contribution in [3.63, 3.8) is 0 Å². The largest absolute Gasteiger partial charge is 0.370 e. The van der Waals surface area contributed by atoms with E-state index in [9.17, 15) is 13.2 Å². The van der Waals surface area contributed by atoms with Crippen LogP contribution in [0.25, 0.3) is 10.8 Å². The van der Waals surface area contributed by atoms with Crippen LogP contribution in [0.4, 0.5) is 0 Å². The quantitative estimate of drug-likeness (QED) is 0.311. The number of primary amides is 1. The van der Waals surface area contributed by atoms with E-state index in [4.69, 9.17) is 22.6 Å². The number of hydrogen-bond acceptors (Lipinski definition) is 5. The Bertz CT molecular complexity index is 1040. The van der Waals surface area contributed by atoms with E-state index in [1.54, 1.807) is 17.0 Å². The molecule has 2 unspecified atom stereocenters. The second-order valence-corrected chi connectivity index (χ2v) is 9.45. The number of piperidine rings is 1. The van der Waals surface area contributed by atoms with Gasteiger partial charge in [-0.15, -0.1) is 0 Å². The van der Waals surface area contributed by atoms with Crippen LogP contribution in [0.2, 0.25) is 0 Å². The van der Waals surface area contributed by atoms with Gasteiger partial charge in [0.05, 0.1) is 4.90 Å². The van der Waals surface area contributed by atoms with E-state index in [0.29, 0.717) is 19.5 Å². The Morgan fingerprint density at radius 3 is 2.57 bits per heavy atom. The third-order valence-electron chi connectivity index (χ3n) is 5.55.